The van der Waals surface area contributed by atoms with Crippen LogP contribution in [0.3, 0.4) is 0 Å². The Balaban J connectivity index is 2.52. The number of nitriles is 1. The van der Waals surface area contributed by atoms with Crippen LogP contribution in [0.1, 0.15) is 55.8 Å². The Hall–Kier alpha value is -3.44. The molecule has 150 valence electrons. The number of ether oxygens (including phenoxy) is 1. The fourth-order valence-electron chi connectivity index (χ4n) is 2.52. The van der Waals surface area contributed by atoms with Gasteiger partial charge in [0.25, 0.3) is 11.8 Å². The molecular formula is C20H19ClN4O4. The molecule has 0 aliphatic rings. The number of esters is 1. The first-order valence-electron chi connectivity index (χ1n) is 8.72. The molecule has 2 amide bonds. The Kier molecular flexibility index (Phi) is 7.28. The molecule has 0 aliphatic carbocycles. The molecule has 0 fully saturated rings. The molecule has 2 aromatic rings. The summed E-state index contributed by atoms with van der Waals surface area (Å²) in [5, 5.41) is 14.6. The van der Waals surface area contributed by atoms with Crippen LogP contribution < -0.4 is 10.6 Å². The van der Waals surface area contributed by atoms with Crippen molar-refractivity contribution in [3.8, 4) is 6.07 Å². The van der Waals surface area contributed by atoms with Crippen molar-refractivity contribution in [2.45, 2.75) is 20.3 Å². The van der Waals surface area contributed by atoms with Gasteiger partial charge in [0.2, 0.25) is 0 Å². The number of nitrogens with one attached hydrogen (secondary N) is 2. The molecule has 0 saturated heterocycles. The zero-order valence-electron chi connectivity index (χ0n) is 16.1. The standard InChI is InChI=1S/C20H19ClN4O4/c1-4-9-23-19(27)17-13(7-5-11(2)24-17)18(26)25-16-12(10-22)6-8-14(21)15(16)20(28)29-3/h5-8H,4,9H2,1-3H3,(H,23,27)(H,25,26). The zero-order valence-corrected chi connectivity index (χ0v) is 16.9. The molecule has 2 N–H and O–H groups in total. The van der Waals surface area contributed by atoms with Crippen LogP contribution in [0.5, 0.6) is 0 Å². The number of rotatable bonds is 6. The van der Waals surface area contributed by atoms with Crippen molar-refractivity contribution in [1.82, 2.24) is 10.3 Å². The third-order valence-corrected chi connectivity index (χ3v) is 4.25. The smallest absolute Gasteiger partial charge is 0.341 e. The van der Waals surface area contributed by atoms with E-state index in [0.717, 1.165) is 13.5 Å². The van der Waals surface area contributed by atoms with E-state index in [-0.39, 0.29) is 33.1 Å². The Morgan fingerprint density at radius 1 is 1.21 bits per heavy atom. The van der Waals surface area contributed by atoms with Gasteiger partial charge in [0.05, 0.1) is 28.9 Å². The maximum Gasteiger partial charge on any atom is 0.341 e. The molecule has 1 heterocycles. The van der Waals surface area contributed by atoms with Gasteiger partial charge in [0, 0.05) is 12.2 Å². The minimum Gasteiger partial charge on any atom is -0.465 e. The van der Waals surface area contributed by atoms with E-state index in [1.807, 2.05) is 13.0 Å². The van der Waals surface area contributed by atoms with Crippen molar-refractivity contribution in [3.63, 3.8) is 0 Å². The van der Waals surface area contributed by atoms with E-state index in [1.54, 1.807) is 13.0 Å². The molecule has 29 heavy (non-hydrogen) atoms. The number of nitrogens with zero attached hydrogens (tertiary/aromatic N) is 2. The molecule has 8 nitrogen and oxygen atoms in total. The molecule has 1 aromatic carbocycles. The summed E-state index contributed by atoms with van der Waals surface area (Å²) >= 11 is 6.08. The lowest BCUT2D eigenvalue weighted by atomic mass is 10.1. The number of carbonyl (C=O) groups excluding carboxylic acids is 3. The average molecular weight is 415 g/mol. The fourth-order valence-corrected chi connectivity index (χ4v) is 2.75. The lowest BCUT2D eigenvalue weighted by molar-refractivity contribution is 0.0602. The molecule has 0 aliphatic heterocycles. The summed E-state index contributed by atoms with van der Waals surface area (Å²) in [5.74, 6) is -2.03. The number of anilines is 1. The lowest BCUT2D eigenvalue weighted by Gasteiger charge is -2.14. The van der Waals surface area contributed by atoms with E-state index in [0.29, 0.717) is 12.2 Å². The monoisotopic (exact) mass is 414 g/mol. The second-order valence-electron chi connectivity index (χ2n) is 6.01. The van der Waals surface area contributed by atoms with E-state index in [9.17, 15) is 19.6 Å². The maximum atomic E-state index is 12.9. The molecular weight excluding hydrogens is 396 g/mol. The predicted octanol–water partition coefficient (Wildman–Crippen LogP) is 3.09. The van der Waals surface area contributed by atoms with E-state index in [1.165, 1.54) is 18.2 Å². The van der Waals surface area contributed by atoms with E-state index < -0.39 is 17.8 Å². The van der Waals surface area contributed by atoms with Crippen LogP contribution in [0.4, 0.5) is 5.69 Å². The van der Waals surface area contributed by atoms with Crippen molar-refractivity contribution in [2.24, 2.45) is 0 Å². The van der Waals surface area contributed by atoms with Crippen molar-refractivity contribution in [1.29, 1.82) is 5.26 Å². The van der Waals surface area contributed by atoms with Gasteiger partial charge in [-0.05, 0) is 37.6 Å². The van der Waals surface area contributed by atoms with Crippen LogP contribution >= 0.6 is 11.6 Å². The minimum atomic E-state index is -0.814. The average Bonchev–Trinajstić information content (AvgIpc) is 2.71. The van der Waals surface area contributed by atoms with Crippen molar-refractivity contribution >= 4 is 35.1 Å². The molecule has 0 spiro atoms. The highest BCUT2D eigenvalue weighted by Crippen LogP contribution is 2.29. The summed E-state index contributed by atoms with van der Waals surface area (Å²) in [6.45, 7) is 4.02. The summed E-state index contributed by atoms with van der Waals surface area (Å²) in [4.78, 5) is 41.7. The van der Waals surface area contributed by atoms with Gasteiger partial charge in [-0.1, -0.05) is 18.5 Å². The number of hydrogen-bond donors (Lipinski definition) is 2. The molecule has 0 atom stereocenters. The summed E-state index contributed by atoms with van der Waals surface area (Å²) in [5.41, 5.74) is 0.245. The number of pyridine rings is 1. The Labute approximate surface area is 172 Å². The summed E-state index contributed by atoms with van der Waals surface area (Å²) in [6, 6.07) is 7.66. The van der Waals surface area contributed by atoms with Crippen LogP contribution in [0.2, 0.25) is 5.02 Å². The van der Waals surface area contributed by atoms with E-state index in [4.69, 9.17) is 16.3 Å². The van der Waals surface area contributed by atoms with Gasteiger partial charge in [0.1, 0.15) is 17.3 Å². The van der Waals surface area contributed by atoms with Gasteiger partial charge in [0.15, 0.2) is 0 Å². The van der Waals surface area contributed by atoms with Gasteiger partial charge in [-0.3, -0.25) is 9.59 Å². The Morgan fingerprint density at radius 2 is 1.93 bits per heavy atom. The van der Waals surface area contributed by atoms with Crippen LogP contribution in [0.15, 0.2) is 24.3 Å². The first-order valence-corrected chi connectivity index (χ1v) is 9.09. The Bertz CT molecular complexity index is 1010. The second-order valence-corrected chi connectivity index (χ2v) is 6.41. The first-order chi connectivity index (χ1) is 13.8. The number of amides is 2. The normalized spacial score (nSPS) is 10.0. The highest BCUT2D eigenvalue weighted by atomic mass is 35.5. The van der Waals surface area contributed by atoms with Gasteiger partial charge in [-0.2, -0.15) is 5.26 Å². The Morgan fingerprint density at radius 3 is 2.55 bits per heavy atom. The third-order valence-electron chi connectivity index (χ3n) is 3.93. The quantitative estimate of drug-likeness (QED) is 0.700. The van der Waals surface area contributed by atoms with Crippen LogP contribution in [-0.4, -0.2) is 36.4 Å². The van der Waals surface area contributed by atoms with Crippen LogP contribution in [0, 0.1) is 18.3 Å². The molecule has 0 bridgehead atoms. The van der Waals surface area contributed by atoms with Gasteiger partial charge in [-0.15, -0.1) is 0 Å². The molecule has 0 saturated carbocycles. The fraction of sp³-hybridized carbons (Fsp3) is 0.250. The zero-order chi connectivity index (χ0) is 21.6. The summed E-state index contributed by atoms with van der Waals surface area (Å²) in [6.07, 6.45) is 0.718. The maximum absolute atomic E-state index is 12.9. The predicted molar refractivity (Wildman–Crippen MR) is 107 cm³/mol. The van der Waals surface area contributed by atoms with Gasteiger partial charge in [-0.25, -0.2) is 9.78 Å². The van der Waals surface area contributed by atoms with E-state index >= 15 is 0 Å². The number of hydrogen-bond acceptors (Lipinski definition) is 6. The van der Waals surface area contributed by atoms with Crippen molar-refractivity contribution < 1.29 is 19.1 Å². The summed E-state index contributed by atoms with van der Waals surface area (Å²) in [7, 11) is 1.16. The molecule has 2 rings (SSSR count). The number of methoxy groups -OCH3 is 1. The molecule has 0 unspecified atom stereocenters. The SMILES string of the molecule is CCCNC(=O)c1nc(C)ccc1C(=O)Nc1c(C#N)ccc(Cl)c1C(=O)OC. The second kappa shape index (κ2) is 9.66. The van der Waals surface area contributed by atoms with Gasteiger partial charge >= 0.3 is 5.97 Å². The largest absolute Gasteiger partial charge is 0.465 e. The van der Waals surface area contributed by atoms with Crippen molar-refractivity contribution in [2.75, 3.05) is 19.0 Å². The third kappa shape index (κ3) is 4.89. The number of halogens is 1. The number of aromatic nitrogens is 1. The highest BCUT2D eigenvalue weighted by Gasteiger charge is 2.24. The number of benzene rings is 1. The van der Waals surface area contributed by atoms with Crippen LogP contribution in [-0.2, 0) is 4.74 Å². The van der Waals surface area contributed by atoms with Gasteiger partial charge < -0.3 is 15.4 Å². The highest BCUT2D eigenvalue weighted by molar-refractivity contribution is 6.34. The number of aryl methyl sites for hydroxylation is 1. The summed E-state index contributed by atoms with van der Waals surface area (Å²) < 4.78 is 4.71. The lowest BCUT2D eigenvalue weighted by Crippen LogP contribution is -2.29. The molecule has 0 radical (unpaired) electrons. The minimum absolute atomic E-state index is 0.00842. The molecule has 9 heteroatoms. The molecule has 1 aromatic heterocycles. The van der Waals surface area contributed by atoms with Crippen molar-refractivity contribution in [3.05, 3.63) is 57.4 Å². The van der Waals surface area contributed by atoms with E-state index in [2.05, 4.69) is 15.6 Å². The number of carbonyl (C=O) groups is 3. The first kappa shape index (κ1) is 21.9. The topological polar surface area (TPSA) is 121 Å². The van der Waals surface area contributed by atoms with Crippen LogP contribution in [0.25, 0.3) is 0 Å².